The average Bonchev–Trinajstić information content (AvgIpc) is 2.74. The molecule has 2 saturated heterocycles. The maximum atomic E-state index is 13.0. The van der Waals surface area contributed by atoms with E-state index < -0.39 is 10.0 Å². The van der Waals surface area contributed by atoms with Crippen LogP contribution < -0.4 is 10.0 Å². The van der Waals surface area contributed by atoms with Gasteiger partial charge in [-0.25, -0.2) is 13.1 Å². The van der Waals surface area contributed by atoms with Gasteiger partial charge >= 0.3 is 0 Å². The number of anilines is 1. The predicted octanol–water partition coefficient (Wildman–Crippen LogP) is 3.02. The molecular formula is C24H31N3O4S. The van der Waals surface area contributed by atoms with Gasteiger partial charge in [0.2, 0.25) is 10.0 Å². The second-order valence-corrected chi connectivity index (χ2v) is 10.5. The van der Waals surface area contributed by atoms with Gasteiger partial charge < -0.3 is 10.1 Å². The number of ether oxygens (including phenoxy) is 1. The number of rotatable bonds is 7. The molecule has 2 heterocycles. The fraction of sp³-hybridized carbons (Fsp3) is 0.458. The van der Waals surface area contributed by atoms with E-state index in [0.717, 1.165) is 39.1 Å². The van der Waals surface area contributed by atoms with Crippen LogP contribution in [-0.4, -0.2) is 57.6 Å². The number of hydrogen-bond acceptors (Lipinski definition) is 5. The van der Waals surface area contributed by atoms with Gasteiger partial charge in [-0.1, -0.05) is 18.2 Å². The molecule has 2 aromatic rings. The van der Waals surface area contributed by atoms with E-state index in [2.05, 4.69) is 14.9 Å². The molecule has 2 N–H and O–H groups in total. The fourth-order valence-corrected chi connectivity index (χ4v) is 5.75. The summed E-state index contributed by atoms with van der Waals surface area (Å²) in [6.07, 6.45) is 1.95. The Bertz CT molecular complexity index is 1050. The molecule has 32 heavy (non-hydrogen) atoms. The number of carbonyl (C=O) groups excluding carboxylic acids is 1. The van der Waals surface area contributed by atoms with Gasteiger partial charge in [0.15, 0.2) is 0 Å². The Morgan fingerprint density at radius 3 is 2.38 bits per heavy atom. The fourth-order valence-electron chi connectivity index (χ4n) is 4.36. The summed E-state index contributed by atoms with van der Waals surface area (Å²) < 4.78 is 34.1. The zero-order valence-corrected chi connectivity index (χ0v) is 19.4. The Hall–Kier alpha value is -2.26. The first kappa shape index (κ1) is 22.9. The standard InChI is InChI=1S/C24H31N3O4S/c1-17-14-22(8-9-23(17)25-24(28)20-6-4-3-5-7-20)32(29,30)26-18(2)19-10-12-27(13-11-19)21-15-31-16-21/h3-9,14,18-19,21,26H,10-13,15-16H2,1-2H3,(H,25,28). The number of sulfonamides is 1. The lowest BCUT2D eigenvalue weighted by atomic mass is 9.90. The molecular weight excluding hydrogens is 426 g/mol. The van der Waals surface area contributed by atoms with E-state index in [-0.39, 0.29) is 16.8 Å². The van der Waals surface area contributed by atoms with Gasteiger partial charge in [-0.2, -0.15) is 0 Å². The van der Waals surface area contributed by atoms with Crippen LogP contribution in [0.2, 0.25) is 0 Å². The van der Waals surface area contributed by atoms with Crippen LogP contribution in [0.5, 0.6) is 0 Å². The molecule has 4 rings (SSSR count). The van der Waals surface area contributed by atoms with Gasteiger partial charge in [-0.3, -0.25) is 9.69 Å². The molecule has 2 aliphatic heterocycles. The summed E-state index contributed by atoms with van der Waals surface area (Å²) >= 11 is 0. The molecule has 1 amide bonds. The Morgan fingerprint density at radius 2 is 1.78 bits per heavy atom. The largest absolute Gasteiger partial charge is 0.378 e. The Balaban J connectivity index is 1.37. The highest BCUT2D eigenvalue weighted by Gasteiger charge is 2.32. The zero-order valence-electron chi connectivity index (χ0n) is 18.6. The first-order chi connectivity index (χ1) is 15.3. The smallest absolute Gasteiger partial charge is 0.255 e. The molecule has 0 saturated carbocycles. The molecule has 2 fully saturated rings. The summed E-state index contributed by atoms with van der Waals surface area (Å²) in [5, 5.41) is 2.85. The SMILES string of the molecule is Cc1cc(S(=O)(=O)NC(C)C2CCN(C3COC3)CC2)ccc1NC(=O)c1ccccc1. The third-order valence-electron chi connectivity index (χ3n) is 6.55. The van der Waals surface area contributed by atoms with Crippen LogP contribution in [0.25, 0.3) is 0 Å². The maximum Gasteiger partial charge on any atom is 0.255 e. The van der Waals surface area contributed by atoms with Crippen molar-refractivity contribution in [2.24, 2.45) is 5.92 Å². The van der Waals surface area contributed by atoms with Crippen LogP contribution in [0.1, 0.15) is 35.7 Å². The van der Waals surface area contributed by atoms with Crippen LogP contribution in [0, 0.1) is 12.8 Å². The molecule has 1 atom stereocenters. The number of carbonyl (C=O) groups is 1. The van der Waals surface area contributed by atoms with Crippen LogP contribution in [0.3, 0.4) is 0 Å². The van der Waals surface area contributed by atoms with E-state index in [1.165, 1.54) is 0 Å². The van der Waals surface area contributed by atoms with Crippen LogP contribution in [-0.2, 0) is 14.8 Å². The lowest BCUT2D eigenvalue weighted by Crippen LogP contribution is -2.53. The van der Waals surface area contributed by atoms with Crippen molar-refractivity contribution >= 4 is 21.6 Å². The summed E-state index contributed by atoms with van der Waals surface area (Å²) in [4.78, 5) is 15.1. The third kappa shape index (κ3) is 5.20. The first-order valence-electron chi connectivity index (χ1n) is 11.1. The van der Waals surface area contributed by atoms with Crippen molar-refractivity contribution in [1.29, 1.82) is 0 Å². The predicted molar refractivity (Wildman–Crippen MR) is 124 cm³/mol. The molecule has 1 unspecified atom stereocenters. The molecule has 0 spiro atoms. The minimum atomic E-state index is -3.65. The molecule has 0 aromatic heterocycles. The highest BCUT2D eigenvalue weighted by atomic mass is 32.2. The van der Waals surface area contributed by atoms with Gasteiger partial charge in [-0.05, 0) is 81.6 Å². The highest BCUT2D eigenvalue weighted by molar-refractivity contribution is 7.89. The summed E-state index contributed by atoms with van der Waals surface area (Å²) in [6, 6.07) is 14.1. The highest BCUT2D eigenvalue weighted by Crippen LogP contribution is 2.26. The summed E-state index contributed by atoms with van der Waals surface area (Å²) in [7, 11) is -3.65. The number of piperidine rings is 1. The second-order valence-electron chi connectivity index (χ2n) is 8.77. The third-order valence-corrected chi connectivity index (χ3v) is 8.11. The van der Waals surface area contributed by atoms with Gasteiger partial charge in [0, 0.05) is 17.3 Å². The zero-order chi connectivity index (χ0) is 22.7. The monoisotopic (exact) mass is 457 g/mol. The molecule has 0 radical (unpaired) electrons. The molecule has 2 aromatic carbocycles. The first-order valence-corrected chi connectivity index (χ1v) is 12.6. The van der Waals surface area contributed by atoms with Crippen molar-refractivity contribution in [1.82, 2.24) is 9.62 Å². The van der Waals surface area contributed by atoms with Crippen molar-refractivity contribution in [2.45, 2.75) is 43.7 Å². The van der Waals surface area contributed by atoms with Crippen LogP contribution in [0.15, 0.2) is 53.4 Å². The van der Waals surface area contributed by atoms with E-state index >= 15 is 0 Å². The van der Waals surface area contributed by atoms with E-state index in [0.29, 0.717) is 28.8 Å². The topological polar surface area (TPSA) is 87.7 Å². The van der Waals surface area contributed by atoms with Crippen molar-refractivity contribution in [3.63, 3.8) is 0 Å². The molecule has 0 aliphatic carbocycles. The van der Waals surface area contributed by atoms with E-state index in [1.807, 2.05) is 13.0 Å². The molecule has 172 valence electrons. The number of nitrogens with one attached hydrogen (secondary N) is 2. The summed E-state index contributed by atoms with van der Waals surface area (Å²) in [6.45, 7) is 7.34. The molecule has 2 aliphatic rings. The van der Waals surface area contributed by atoms with Gasteiger partial charge in [0.05, 0.1) is 24.2 Å². The minimum absolute atomic E-state index is 0.141. The lowest BCUT2D eigenvalue weighted by molar-refractivity contribution is -0.0745. The lowest BCUT2D eigenvalue weighted by Gasteiger charge is -2.42. The number of hydrogen-bond donors (Lipinski definition) is 2. The van der Waals surface area contributed by atoms with Gasteiger partial charge in [0.25, 0.3) is 5.91 Å². The Morgan fingerprint density at radius 1 is 1.09 bits per heavy atom. The van der Waals surface area contributed by atoms with E-state index in [4.69, 9.17) is 4.74 Å². The number of amides is 1. The van der Waals surface area contributed by atoms with Gasteiger partial charge in [0.1, 0.15) is 0 Å². The summed E-state index contributed by atoms with van der Waals surface area (Å²) in [5.74, 6) is 0.0865. The van der Waals surface area contributed by atoms with Crippen molar-refractivity contribution in [3.8, 4) is 0 Å². The number of likely N-dealkylation sites (tertiary alicyclic amines) is 1. The number of nitrogens with zero attached hydrogens (tertiary/aromatic N) is 1. The Kier molecular flexibility index (Phi) is 6.95. The molecule has 7 nitrogen and oxygen atoms in total. The Labute approximate surface area is 190 Å². The average molecular weight is 458 g/mol. The maximum absolute atomic E-state index is 13.0. The quantitative estimate of drug-likeness (QED) is 0.667. The number of aryl methyl sites for hydroxylation is 1. The van der Waals surface area contributed by atoms with E-state index in [1.54, 1.807) is 49.4 Å². The normalized spacial score (nSPS) is 19.3. The number of benzene rings is 2. The van der Waals surface area contributed by atoms with Crippen molar-refractivity contribution in [2.75, 3.05) is 31.6 Å². The molecule has 0 bridgehead atoms. The van der Waals surface area contributed by atoms with Crippen molar-refractivity contribution in [3.05, 3.63) is 59.7 Å². The van der Waals surface area contributed by atoms with Crippen LogP contribution >= 0.6 is 0 Å². The van der Waals surface area contributed by atoms with Crippen molar-refractivity contribution < 1.29 is 17.9 Å². The van der Waals surface area contributed by atoms with Gasteiger partial charge in [-0.15, -0.1) is 0 Å². The van der Waals surface area contributed by atoms with Crippen LogP contribution in [0.4, 0.5) is 5.69 Å². The second kappa shape index (κ2) is 9.70. The molecule has 8 heteroatoms. The van der Waals surface area contributed by atoms with E-state index in [9.17, 15) is 13.2 Å². The summed E-state index contributed by atoms with van der Waals surface area (Å²) in [5.41, 5.74) is 1.84. The minimum Gasteiger partial charge on any atom is -0.378 e.